The molecular weight excluding hydrogens is 266 g/mol. The molecule has 0 spiro atoms. The first kappa shape index (κ1) is 14.9. The Bertz CT molecular complexity index is 651. The molecule has 1 unspecified atom stereocenters. The molecule has 0 radical (unpaired) electrons. The van der Waals surface area contributed by atoms with Crippen molar-refractivity contribution in [2.75, 3.05) is 6.54 Å². The summed E-state index contributed by atoms with van der Waals surface area (Å²) in [7, 11) is 0. The largest absolute Gasteiger partial charge is 0.283 e. The van der Waals surface area contributed by atoms with Crippen molar-refractivity contribution in [3.63, 3.8) is 0 Å². The lowest BCUT2D eigenvalue weighted by atomic mass is 9.92. The molecule has 1 heterocycles. The summed E-state index contributed by atoms with van der Waals surface area (Å²) in [4.78, 5) is 2.57. The van der Waals surface area contributed by atoms with Gasteiger partial charge in [0.05, 0.1) is 5.54 Å². The second kappa shape index (κ2) is 6.81. The van der Waals surface area contributed by atoms with E-state index in [1.807, 2.05) is 6.07 Å². The summed E-state index contributed by atoms with van der Waals surface area (Å²) < 4.78 is 0. The highest BCUT2D eigenvalue weighted by molar-refractivity contribution is 5.37. The Kier molecular flexibility index (Phi) is 4.61. The fourth-order valence-electron chi connectivity index (χ4n) is 3.31. The van der Waals surface area contributed by atoms with E-state index in [2.05, 4.69) is 78.3 Å². The maximum Gasteiger partial charge on any atom is 0.0830 e. The van der Waals surface area contributed by atoms with Gasteiger partial charge in [-0.15, -0.1) is 0 Å². The van der Waals surface area contributed by atoms with Gasteiger partial charge >= 0.3 is 0 Å². The van der Waals surface area contributed by atoms with Crippen molar-refractivity contribution in [2.24, 2.45) is 0 Å². The van der Waals surface area contributed by atoms with Crippen LogP contribution in [0.3, 0.4) is 0 Å². The molecule has 112 valence electrons. The van der Waals surface area contributed by atoms with Crippen LogP contribution in [0.25, 0.3) is 0 Å². The molecule has 0 saturated carbocycles. The lowest BCUT2D eigenvalue weighted by Crippen LogP contribution is -2.41. The van der Waals surface area contributed by atoms with E-state index in [4.69, 9.17) is 0 Å². The molecule has 1 atom stereocenters. The van der Waals surface area contributed by atoms with Crippen molar-refractivity contribution < 1.29 is 0 Å². The van der Waals surface area contributed by atoms with Crippen molar-refractivity contribution in [2.45, 2.75) is 38.3 Å². The van der Waals surface area contributed by atoms with Crippen LogP contribution in [0.4, 0.5) is 0 Å². The Labute approximate surface area is 134 Å². The molecule has 22 heavy (non-hydrogen) atoms. The van der Waals surface area contributed by atoms with Gasteiger partial charge in [-0.1, -0.05) is 67.3 Å². The van der Waals surface area contributed by atoms with Crippen LogP contribution in [-0.4, -0.2) is 17.0 Å². The molecular formula is C21H23N. The topological polar surface area (TPSA) is 3.24 Å². The SMILES string of the molecule is CCC1(C#Cc2ccccc2)CCCN1Cc1ccccc1. The van der Waals surface area contributed by atoms with Crippen LogP contribution in [0.2, 0.25) is 0 Å². The second-order valence-corrected chi connectivity index (χ2v) is 6.01. The molecule has 0 aromatic heterocycles. The summed E-state index contributed by atoms with van der Waals surface area (Å²) in [5, 5.41) is 0. The monoisotopic (exact) mass is 289 g/mol. The van der Waals surface area contributed by atoms with E-state index in [9.17, 15) is 0 Å². The van der Waals surface area contributed by atoms with Crippen molar-refractivity contribution >= 4 is 0 Å². The zero-order valence-corrected chi connectivity index (χ0v) is 13.3. The number of likely N-dealkylation sites (tertiary alicyclic amines) is 1. The third-order valence-electron chi connectivity index (χ3n) is 4.64. The third kappa shape index (κ3) is 3.24. The minimum absolute atomic E-state index is 0.0334. The second-order valence-electron chi connectivity index (χ2n) is 6.01. The summed E-state index contributed by atoms with van der Waals surface area (Å²) in [5.41, 5.74) is 2.52. The quantitative estimate of drug-likeness (QED) is 0.753. The summed E-state index contributed by atoms with van der Waals surface area (Å²) in [5.74, 6) is 7.01. The summed E-state index contributed by atoms with van der Waals surface area (Å²) in [6, 6.07) is 21.1. The van der Waals surface area contributed by atoms with Crippen LogP contribution >= 0.6 is 0 Å². The van der Waals surface area contributed by atoms with Crippen molar-refractivity contribution in [3.8, 4) is 11.8 Å². The van der Waals surface area contributed by atoms with Crippen LogP contribution < -0.4 is 0 Å². The maximum atomic E-state index is 3.61. The average molecular weight is 289 g/mol. The van der Waals surface area contributed by atoms with Crippen LogP contribution in [-0.2, 0) is 6.54 Å². The van der Waals surface area contributed by atoms with E-state index in [0.29, 0.717) is 0 Å². The minimum atomic E-state index is 0.0334. The Morgan fingerprint density at radius 2 is 1.68 bits per heavy atom. The van der Waals surface area contributed by atoms with E-state index in [0.717, 1.165) is 25.1 Å². The normalized spacial score (nSPS) is 21.3. The molecule has 1 aliphatic rings. The smallest absolute Gasteiger partial charge is 0.0830 e. The first-order chi connectivity index (χ1) is 10.8. The summed E-state index contributed by atoms with van der Waals surface area (Å²) in [6.45, 7) is 4.41. The predicted molar refractivity (Wildman–Crippen MR) is 92.4 cm³/mol. The molecule has 0 amide bonds. The molecule has 1 saturated heterocycles. The molecule has 1 nitrogen and oxygen atoms in total. The molecule has 2 aromatic carbocycles. The van der Waals surface area contributed by atoms with Gasteiger partial charge in [0.1, 0.15) is 0 Å². The standard InChI is InChI=1S/C21H23N/c1-2-21(16-14-19-10-5-3-6-11-19)15-9-17-22(21)18-20-12-7-4-8-13-20/h3-8,10-13H,2,9,15,17-18H2,1H3. The van der Waals surface area contributed by atoms with Crippen molar-refractivity contribution in [3.05, 3.63) is 71.8 Å². The number of rotatable bonds is 3. The lowest BCUT2D eigenvalue weighted by molar-refractivity contribution is 0.180. The van der Waals surface area contributed by atoms with Gasteiger partial charge in [0, 0.05) is 18.7 Å². The summed E-state index contributed by atoms with van der Waals surface area (Å²) in [6.07, 6.45) is 3.50. The number of hydrogen-bond acceptors (Lipinski definition) is 1. The lowest BCUT2D eigenvalue weighted by Gasteiger charge is -2.33. The first-order valence-electron chi connectivity index (χ1n) is 8.20. The Balaban J connectivity index is 1.83. The van der Waals surface area contributed by atoms with Crippen LogP contribution in [0.1, 0.15) is 37.3 Å². The molecule has 2 aromatic rings. The molecule has 3 rings (SSSR count). The number of hydrogen-bond donors (Lipinski definition) is 0. The fraction of sp³-hybridized carbons (Fsp3) is 0.333. The zero-order valence-electron chi connectivity index (χ0n) is 13.3. The zero-order chi connectivity index (χ0) is 15.3. The molecule has 0 aliphatic carbocycles. The minimum Gasteiger partial charge on any atom is -0.283 e. The number of benzene rings is 2. The maximum absolute atomic E-state index is 3.61. The Morgan fingerprint density at radius 1 is 1.00 bits per heavy atom. The molecule has 1 heteroatoms. The van der Waals surface area contributed by atoms with Gasteiger partial charge in [0.2, 0.25) is 0 Å². The van der Waals surface area contributed by atoms with E-state index < -0.39 is 0 Å². The Hall–Kier alpha value is -2.04. The fourth-order valence-corrected chi connectivity index (χ4v) is 3.31. The first-order valence-corrected chi connectivity index (χ1v) is 8.20. The van der Waals surface area contributed by atoms with E-state index in [1.54, 1.807) is 0 Å². The molecule has 0 N–H and O–H groups in total. The van der Waals surface area contributed by atoms with Crippen LogP contribution in [0.5, 0.6) is 0 Å². The van der Waals surface area contributed by atoms with Gasteiger partial charge in [-0.2, -0.15) is 0 Å². The van der Waals surface area contributed by atoms with Gasteiger partial charge in [-0.3, -0.25) is 4.90 Å². The van der Waals surface area contributed by atoms with E-state index >= 15 is 0 Å². The molecule has 1 fully saturated rings. The molecule has 1 aliphatic heterocycles. The van der Waals surface area contributed by atoms with Crippen molar-refractivity contribution in [1.82, 2.24) is 4.90 Å². The molecule has 0 bridgehead atoms. The highest BCUT2D eigenvalue weighted by atomic mass is 15.2. The number of nitrogens with zero attached hydrogens (tertiary/aromatic N) is 1. The predicted octanol–water partition coefficient (Wildman–Crippen LogP) is 4.48. The van der Waals surface area contributed by atoms with Crippen LogP contribution in [0, 0.1) is 11.8 Å². The third-order valence-corrected chi connectivity index (χ3v) is 4.64. The average Bonchev–Trinajstić information content (AvgIpc) is 2.98. The Morgan fingerprint density at radius 3 is 2.36 bits per heavy atom. The highest BCUT2D eigenvalue weighted by Crippen LogP contribution is 2.33. The van der Waals surface area contributed by atoms with Gasteiger partial charge in [0.15, 0.2) is 0 Å². The summed E-state index contributed by atoms with van der Waals surface area (Å²) >= 11 is 0. The van der Waals surface area contributed by atoms with Crippen molar-refractivity contribution in [1.29, 1.82) is 0 Å². The van der Waals surface area contributed by atoms with Crippen LogP contribution in [0.15, 0.2) is 60.7 Å². The highest BCUT2D eigenvalue weighted by Gasteiger charge is 2.37. The van der Waals surface area contributed by atoms with Gasteiger partial charge in [-0.05, 0) is 37.0 Å². The van der Waals surface area contributed by atoms with Gasteiger partial charge in [-0.25, -0.2) is 0 Å². The van der Waals surface area contributed by atoms with E-state index in [1.165, 1.54) is 18.4 Å². The van der Waals surface area contributed by atoms with E-state index in [-0.39, 0.29) is 5.54 Å². The van der Waals surface area contributed by atoms with Gasteiger partial charge < -0.3 is 0 Å². The van der Waals surface area contributed by atoms with Gasteiger partial charge in [0.25, 0.3) is 0 Å².